The van der Waals surface area contributed by atoms with E-state index >= 15 is 0 Å². The number of furan rings is 1. The zero-order valence-electron chi connectivity index (χ0n) is 14.1. The molecule has 1 aromatic rings. The topological polar surface area (TPSA) is 87.9 Å². The second-order valence-electron chi connectivity index (χ2n) is 6.16. The van der Waals surface area contributed by atoms with E-state index in [1.807, 2.05) is 0 Å². The van der Waals surface area contributed by atoms with Crippen LogP contribution < -0.4 is 0 Å². The summed E-state index contributed by atoms with van der Waals surface area (Å²) < 4.78 is 28.7. The fraction of sp³-hybridized carbons (Fsp3) is 0.438. The average molecular weight is 415 g/mol. The van der Waals surface area contributed by atoms with Gasteiger partial charge in [0, 0.05) is 32.1 Å². The summed E-state index contributed by atoms with van der Waals surface area (Å²) in [5, 5.41) is 0. The first-order valence-electron chi connectivity index (χ1n) is 8.02. The molecule has 2 aliphatic rings. The summed E-state index contributed by atoms with van der Waals surface area (Å²) in [5.41, 5.74) is 0. The maximum atomic E-state index is 12.5. The third kappa shape index (κ3) is 4.18. The van der Waals surface area contributed by atoms with E-state index in [-0.39, 0.29) is 42.3 Å². The number of rotatable bonds is 5. The van der Waals surface area contributed by atoms with Crippen molar-refractivity contribution in [3.63, 3.8) is 0 Å². The van der Waals surface area contributed by atoms with Crippen LogP contribution in [0.5, 0.6) is 0 Å². The monoisotopic (exact) mass is 414 g/mol. The first-order valence-corrected chi connectivity index (χ1v) is 11.1. The molecule has 2 amide bonds. The lowest BCUT2D eigenvalue weighted by Crippen LogP contribution is -2.40. The van der Waals surface area contributed by atoms with Crippen molar-refractivity contribution in [1.82, 2.24) is 9.80 Å². The standard InChI is InChI=1S/C16H18N2O5S3/c1-17(11-5-8-26(21,22)10-11)14(19)4-6-18-15(20)13(25-16(18)24)9-12-3-2-7-23-12/h2-3,7,9,11H,4-6,8,10H2,1H3/b13-9+/t11-/m0/s1. The van der Waals surface area contributed by atoms with Gasteiger partial charge in [0.1, 0.15) is 10.1 Å². The lowest BCUT2D eigenvalue weighted by atomic mass is 10.2. The number of carbonyl (C=O) groups is 2. The summed E-state index contributed by atoms with van der Waals surface area (Å²) in [7, 11) is -1.45. The van der Waals surface area contributed by atoms with Gasteiger partial charge in [-0.25, -0.2) is 8.42 Å². The van der Waals surface area contributed by atoms with Crippen molar-refractivity contribution < 1.29 is 22.4 Å². The molecule has 1 aromatic heterocycles. The van der Waals surface area contributed by atoms with E-state index in [4.69, 9.17) is 16.6 Å². The van der Waals surface area contributed by atoms with Crippen molar-refractivity contribution in [3.8, 4) is 0 Å². The Bertz CT molecular complexity index is 860. The predicted molar refractivity (Wildman–Crippen MR) is 103 cm³/mol. The quantitative estimate of drug-likeness (QED) is 0.533. The molecule has 3 heterocycles. The Labute approximate surface area is 161 Å². The van der Waals surface area contributed by atoms with Crippen molar-refractivity contribution in [2.24, 2.45) is 0 Å². The molecule has 0 aromatic carbocycles. The third-order valence-electron chi connectivity index (χ3n) is 4.39. The number of sulfone groups is 1. The Hall–Kier alpha value is -1.65. The first-order chi connectivity index (χ1) is 12.3. The molecule has 1 atom stereocenters. The van der Waals surface area contributed by atoms with Gasteiger partial charge in [0.25, 0.3) is 5.91 Å². The maximum Gasteiger partial charge on any atom is 0.266 e. The van der Waals surface area contributed by atoms with Crippen LogP contribution in [0, 0.1) is 0 Å². The molecule has 0 unspecified atom stereocenters. The largest absolute Gasteiger partial charge is 0.465 e. The van der Waals surface area contributed by atoms with Crippen LogP contribution in [-0.2, 0) is 19.4 Å². The van der Waals surface area contributed by atoms with Crippen molar-refractivity contribution >= 4 is 56.0 Å². The molecular weight excluding hydrogens is 396 g/mol. The van der Waals surface area contributed by atoms with E-state index in [1.54, 1.807) is 25.3 Å². The molecule has 0 aliphatic carbocycles. The number of thiocarbonyl (C=S) groups is 1. The first kappa shape index (κ1) is 19.1. The molecule has 2 fully saturated rings. The molecule has 2 saturated heterocycles. The molecular formula is C16H18N2O5S3. The summed E-state index contributed by atoms with van der Waals surface area (Å²) in [5.74, 6) is 0.222. The number of nitrogens with zero attached hydrogens (tertiary/aromatic N) is 2. The van der Waals surface area contributed by atoms with Gasteiger partial charge in [0.15, 0.2) is 9.84 Å². The molecule has 0 spiro atoms. The molecule has 0 radical (unpaired) electrons. The Balaban J connectivity index is 1.58. The molecule has 7 nitrogen and oxygen atoms in total. The Morgan fingerprint density at radius 2 is 2.31 bits per heavy atom. The Kier molecular flexibility index (Phi) is 5.54. The van der Waals surface area contributed by atoms with Gasteiger partial charge < -0.3 is 9.32 Å². The molecule has 0 saturated carbocycles. The molecule has 26 heavy (non-hydrogen) atoms. The van der Waals surface area contributed by atoms with Gasteiger partial charge in [-0.2, -0.15) is 0 Å². The second-order valence-corrected chi connectivity index (χ2v) is 10.1. The van der Waals surface area contributed by atoms with Crippen LogP contribution in [-0.4, -0.2) is 65.5 Å². The van der Waals surface area contributed by atoms with E-state index in [9.17, 15) is 18.0 Å². The fourth-order valence-electron chi connectivity index (χ4n) is 2.86. The summed E-state index contributed by atoms with van der Waals surface area (Å²) in [6.45, 7) is 0.169. The van der Waals surface area contributed by atoms with Crippen LogP contribution in [0.4, 0.5) is 0 Å². The van der Waals surface area contributed by atoms with Crippen LogP contribution in [0.3, 0.4) is 0 Å². The highest BCUT2D eigenvalue weighted by Crippen LogP contribution is 2.32. The SMILES string of the molecule is CN(C(=O)CCN1C(=O)/C(=C\c2ccco2)SC1=S)[C@H]1CCS(=O)(=O)C1. The lowest BCUT2D eigenvalue weighted by Gasteiger charge is -2.24. The van der Waals surface area contributed by atoms with Gasteiger partial charge in [0.2, 0.25) is 5.91 Å². The second kappa shape index (κ2) is 7.53. The lowest BCUT2D eigenvalue weighted by molar-refractivity contribution is -0.132. The number of carbonyl (C=O) groups excluding carboxylic acids is 2. The number of amides is 2. The Morgan fingerprint density at radius 1 is 1.54 bits per heavy atom. The highest BCUT2D eigenvalue weighted by atomic mass is 32.2. The van der Waals surface area contributed by atoms with Gasteiger partial charge >= 0.3 is 0 Å². The molecule has 10 heteroatoms. The van der Waals surface area contributed by atoms with Crippen LogP contribution in [0.15, 0.2) is 27.7 Å². The van der Waals surface area contributed by atoms with Crippen molar-refractivity contribution in [1.29, 1.82) is 0 Å². The maximum absolute atomic E-state index is 12.5. The number of thioether (sulfide) groups is 1. The fourth-order valence-corrected chi connectivity index (χ4v) is 5.93. The molecule has 3 rings (SSSR count). The van der Waals surface area contributed by atoms with Gasteiger partial charge in [-0.1, -0.05) is 24.0 Å². The number of hydrogen-bond acceptors (Lipinski definition) is 7. The van der Waals surface area contributed by atoms with Crippen molar-refractivity contribution in [2.45, 2.75) is 18.9 Å². The van der Waals surface area contributed by atoms with E-state index in [0.29, 0.717) is 21.4 Å². The minimum atomic E-state index is -3.05. The van der Waals surface area contributed by atoms with Gasteiger partial charge in [-0.05, 0) is 18.6 Å². The Morgan fingerprint density at radius 3 is 2.92 bits per heavy atom. The highest BCUT2D eigenvalue weighted by Gasteiger charge is 2.35. The summed E-state index contributed by atoms with van der Waals surface area (Å²) in [4.78, 5) is 28.2. The van der Waals surface area contributed by atoms with Crippen LogP contribution >= 0.6 is 24.0 Å². The summed E-state index contributed by atoms with van der Waals surface area (Å²) in [6, 6.07) is 3.17. The summed E-state index contributed by atoms with van der Waals surface area (Å²) >= 11 is 6.41. The molecule has 0 bridgehead atoms. The van der Waals surface area contributed by atoms with Gasteiger partial charge in [0.05, 0.1) is 22.7 Å². The van der Waals surface area contributed by atoms with Crippen LogP contribution in [0.25, 0.3) is 6.08 Å². The van der Waals surface area contributed by atoms with Crippen molar-refractivity contribution in [3.05, 3.63) is 29.1 Å². The summed E-state index contributed by atoms with van der Waals surface area (Å²) in [6.07, 6.45) is 3.69. The normalized spacial score (nSPS) is 23.8. The number of hydrogen-bond donors (Lipinski definition) is 0. The van der Waals surface area contributed by atoms with E-state index < -0.39 is 9.84 Å². The zero-order valence-corrected chi connectivity index (χ0v) is 16.5. The van der Waals surface area contributed by atoms with E-state index in [2.05, 4.69) is 0 Å². The van der Waals surface area contributed by atoms with Crippen LogP contribution in [0.2, 0.25) is 0 Å². The molecule has 0 N–H and O–H groups in total. The van der Waals surface area contributed by atoms with E-state index in [1.165, 1.54) is 27.8 Å². The van der Waals surface area contributed by atoms with Gasteiger partial charge in [-0.15, -0.1) is 0 Å². The molecule has 140 valence electrons. The van der Waals surface area contributed by atoms with E-state index in [0.717, 1.165) is 0 Å². The minimum absolute atomic E-state index is 0.00216. The predicted octanol–water partition coefficient (Wildman–Crippen LogP) is 1.52. The third-order valence-corrected chi connectivity index (χ3v) is 7.52. The van der Waals surface area contributed by atoms with Crippen LogP contribution in [0.1, 0.15) is 18.6 Å². The zero-order chi connectivity index (χ0) is 18.9. The minimum Gasteiger partial charge on any atom is -0.465 e. The molecule has 2 aliphatic heterocycles. The van der Waals surface area contributed by atoms with Gasteiger partial charge in [-0.3, -0.25) is 14.5 Å². The highest BCUT2D eigenvalue weighted by molar-refractivity contribution is 8.26. The average Bonchev–Trinajstić information content (AvgIpc) is 3.27. The smallest absolute Gasteiger partial charge is 0.266 e. The van der Waals surface area contributed by atoms with Crippen molar-refractivity contribution in [2.75, 3.05) is 25.1 Å².